The zero-order valence-corrected chi connectivity index (χ0v) is 11.3. The van der Waals surface area contributed by atoms with E-state index in [0.717, 1.165) is 0 Å². The van der Waals surface area contributed by atoms with Crippen molar-refractivity contribution in [1.82, 2.24) is 5.43 Å². The van der Waals surface area contributed by atoms with E-state index in [1.807, 2.05) is 0 Å². The lowest BCUT2D eigenvalue weighted by molar-refractivity contribution is 0.294. The van der Waals surface area contributed by atoms with E-state index in [2.05, 4.69) is 42.4 Å². The number of benzene rings is 1. The summed E-state index contributed by atoms with van der Waals surface area (Å²) in [6.45, 7) is 0.309. The molecule has 4 N–H and O–H groups in total. The SMILES string of the molecule is OCCN/N=C/c1cc(Br)c(O)c(Br)c1O. The Kier molecular flexibility index (Phi) is 5.04. The molecular weight excluding hydrogens is 344 g/mol. The van der Waals surface area contributed by atoms with Crippen molar-refractivity contribution in [1.29, 1.82) is 0 Å². The van der Waals surface area contributed by atoms with Crippen LogP contribution in [0.3, 0.4) is 0 Å². The highest BCUT2D eigenvalue weighted by Gasteiger charge is 2.12. The standard InChI is InChI=1S/C9H10Br2N2O3/c10-6-3-5(4-13-12-1-2-14)8(15)7(11)9(6)16/h3-4,12,14-16H,1-2H2/b13-4+. The van der Waals surface area contributed by atoms with Crippen LogP contribution in [0.15, 0.2) is 20.1 Å². The summed E-state index contributed by atoms with van der Waals surface area (Å²) in [5, 5.41) is 31.4. The molecule has 0 aliphatic rings. The Bertz CT molecular complexity index is 410. The maximum Gasteiger partial charge on any atom is 0.147 e. The van der Waals surface area contributed by atoms with Gasteiger partial charge in [0.05, 0.1) is 23.8 Å². The molecule has 5 nitrogen and oxygen atoms in total. The Morgan fingerprint density at radius 1 is 1.31 bits per heavy atom. The van der Waals surface area contributed by atoms with Crippen LogP contribution in [0.1, 0.15) is 5.56 Å². The van der Waals surface area contributed by atoms with Gasteiger partial charge in [0.15, 0.2) is 0 Å². The predicted octanol–water partition coefficient (Wildman–Crippen LogP) is 1.54. The van der Waals surface area contributed by atoms with Gasteiger partial charge in [-0.15, -0.1) is 0 Å². The lowest BCUT2D eigenvalue weighted by atomic mass is 10.2. The highest BCUT2D eigenvalue weighted by Crippen LogP contribution is 2.40. The third-order valence-corrected chi connectivity index (χ3v) is 3.07. The Morgan fingerprint density at radius 2 is 2.00 bits per heavy atom. The molecule has 0 spiro atoms. The number of aromatic hydroxyl groups is 2. The molecule has 88 valence electrons. The van der Waals surface area contributed by atoms with E-state index in [4.69, 9.17) is 5.11 Å². The zero-order valence-electron chi connectivity index (χ0n) is 8.11. The molecule has 0 amide bonds. The third-order valence-electron chi connectivity index (χ3n) is 1.72. The first-order chi connectivity index (χ1) is 7.57. The summed E-state index contributed by atoms with van der Waals surface area (Å²) in [6, 6.07) is 1.53. The van der Waals surface area contributed by atoms with Crippen molar-refractivity contribution in [2.45, 2.75) is 0 Å². The number of phenolic OH excluding ortho intramolecular Hbond substituents is 2. The molecule has 0 radical (unpaired) electrons. The van der Waals surface area contributed by atoms with Crippen LogP contribution in [-0.2, 0) is 0 Å². The lowest BCUT2D eigenvalue weighted by Gasteiger charge is -2.06. The molecule has 1 aromatic rings. The number of nitrogens with one attached hydrogen (secondary N) is 1. The molecule has 0 saturated heterocycles. The van der Waals surface area contributed by atoms with Crippen molar-refractivity contribution >= 4 is 38.1 Å². The normalized spacial score (nSPS) is 10.9. The topological polar surface area (TPSA) is 85.1 Å². The van der Waals surface area contributed by atoms with Crippen molar-refractivity contribution in [3.05, 3.63) is 20.6 Å². The lowest BCUT2D eigenvalue weighted by Crippen LogP contribution is -2.11. The molecule has 0 bridgehead atoms. The number of hydrazone groups is 1. The van der Waals surface area contributed by atoms with Crippen LogP contribution >= 0.6 is 31.9 Å². The number of nitrogens with zero attached hydrogens (tertiary/aromatic N) is 1. The summed E-state index contributed by atoms with van der Waals surface area (Å²) in [6.07, 6.45) is 1.39. The monoisotopic (exact) mass is 352 g/mol. The Labute approximate surface area is 109 Å². The molecule has 0 aliphatic heterocycles. The minimum atomic E-state index is -0.102. The van der Waals surface area contributed by atoms with Crippen LogP contribution in [0.4, 0.5) is 0 Å². The Balaban J connectivity index is 2.93. The van der Waals surface area contributed by atoms with Gasteiger partial charge in [-0.05, 0) is 37.9 Å². The van der Waals surface area contributed by atoms with Gasteiger partial charge in [-0.3, -0.25) is 0 Å². The summed E-state index contributed by atoms with van der Waals surface area (Å²) in [4.78, 5) is 0. The Hall–Kier alpha value is -0.790. The maximum absolute atomic E-state index is 9.66. The van der Waals surface area contributed by atoms with Crippen LogP contribution in [0.25, 0.3) is 0 Å². The van der Waals surface area contributed by atoms with Crippen molar-refractivity contribution in [3.63, 3.8) is 0 Å². The highest BCUT2D eigenvalue weighted by atomic mass is 79.9. The smallest absolute Gasteiger partial charge is 0.147 e. The average Bonchev–Trinajstić information content (AvgIpc) is 2.28. The van der Waals surface area contributed by atoms with Gasteiger partial charge in [0.2, 0.25) is 0 Å². The molecule has 0 heterocycles. The van der Waals surface area contributed by atoms with Crippen molar-refractivity contribution in [2.75, 3.05) is 13.2 Å². The highest BCUT2D eigenvalue weighted by molar-refractivity contribution is 9.11. The number of phenols is 2. The van der Waals surface area contributed by atoms with E-state index >= 15 is 0 Å². The minimum absolute atomic E-state index is 0.0215. The van der Waals surface area contributed by atoms with Crippen LogP contribution in [0, 0.1) is 0 Å². The van der Waals surface area contributed by atoms with Gasteiger partial charge in [0.1, 0.15) is 16.0 Å². The van der Waals surface area contributed by atoms with Crippen molar-refractivity contribution < 1.29 is 15.3 Å². The van der Waals surface area contributed by atoms with Crippen molar-refractivity contribution in [3.8, 4) is 11.5 Å². The number of hydrogen-bond acceptors (Lipinski definition) is 5. The van der Waals surface area contributed by atoms with Gasteiger partial charge in [-0.1, -0.05) is 0 Å². The second-order valence-electron chi connectivity index (χ2n) is 2.85. The van der Waals surface area contributed by atoms with Crippen LogP contribution in [0.2, 0.25) is 0 Å². The molecule has 0 fully saturated rings. The summed E-state index contributed by atoms with van der Waals surface area (Å²) in [5.74, 6) is -0.173. The number of hydrogen-bond donors (Lipinski definition) is 4. The molecule has 0 atom stereocenters. The number of halogens is 2. The minimum Gasteiger partial charge on any atom is -0.506 e. The van der Waals surface area contributed by atoms with E-state index in [1.165, 1.54) is 12.3 Å². The summed E-state index contributed by atoms with van der Waals surface area (Å²) >= 11 is 6.19. The first-order valence-electron chi connectivity index (χ1n) is 4.34. The molecule has 7 heteroatoms. The maximum atomic E-state index is 9.66. The predicted molar refractivity (Wildman–Crippen MR) is 67.9 cm³/mol. The molecule has 0 saturated carbocycles. The van der Waals surface area contributed by atoms with Gasteiger partial charge in [-0.25, -0.2) is 0 Å². The fraction of sp³-hybridized carbons (Fsp3) is 0.222. The fourth-order valence-corrected chi connectivity index (χ4v) is 2.10. The van der Waals surface area contributed by atoms with E-state index in [1.54, 1.807) is 0 Å². The fourth-order valence-electron chi connectivity index (χ4n) is 0.945. The first-order valence-corrected chi connectivity index (χ1v) is 5.93. The third kappa shape index (κ3) is 3.10. The summed E-state index contributed by atoms with van der Waals surface area (Å²) in [5.41, 5.74) is 3.01. The van der Waals surface area contributed by atoms with Crippen LogP contribution in [-0.4, -0.2) is 34.7 Å². The van der Waals surface area contributed by atoms with Gasteiger partial charge in [-0.2, -0.15) is 5.10 Å². The second kappa shape index (κ2) is 6.07. The van der Waals surface area contributed by atoms with Gasteiger partial charge in [0.25, 0.3) is 0 Å². The largest absolute Gasteiger partial charge is 0.506 e. The molecule has 0 aliphatic carbocycles. The van der Waals surface area contributed by atoms with Gasteiger partial charge in [0, 0.05) is 5.56 Å². The molecule has 0 unspecified atom stereocenters. The first kappa shape index (κ1) is 13.3. The Morgan fingerprint density at radius 3 is 2.62 bits per heavy atom. The molecular formula is C9H10Br2N2O3. The van der Waals surface area contributed by atoms with Crippen molar-refractivity contribution in [2.24, 2.45) is 5.10 Å². The summed E-state index contributed by atoms with van der Waals surface area (Å²) < 4.78 is 0.645. The molecule has 0 aromatic heterocycles. The molecule has 16 heavy (non-hydrogen) atoms. The van der Waals surface area contributed by atoms with E-state index in [9.17, 15) is 10.2 Å². The van der Waals surface area contributed by atoms with Gasteiger partial charge < -0.3 is 20.7 Å². The van der Waals surface area contributed by atoms with Gasteiger partial charge >= 0.3 is 0 Å². The zero-order chi connectivity index (χ0) is 12.1. The van der Waals surface area contributed by atoms with E-state index in [-0.39, 0.29) is 22.6 Å². The second-order valence-corrected chi connectivity index (χ2v) is 4.50. The molecule has 1 rings (SSSR count). The van der Waals surface area contributed by atoms with Crippen LogP contribution < -0.4 is 5.43 Å². The molecule has 1 aromatic carbocycles. The number of aliphatic hydroxyl groups is 1. The van der Waals surface area contributed by atoms with E-state index < -0.39 is 0 Å². The number of rotatable bonds is 4. The van der Waals surface area contributed by atoms with E-state index in [0.29, 0.717) is 16.6 Å². The summed E-state index contributed by atoms with van der Waals surface area (Å²) in [7, 11) is 0. The van der Waals surface area contributed by atoms with Crippen LogP contribution in [0.5, 0.6) is 11.5 Å². The average molecular weight is 354 g/mol. The quantitative estimate of drug-likeness (QED) is 0.376. The number of aliphatic hydroxyl groups excluding tert-OH is 1.